The molecule has 2 heterocycles. The number of benzene rings is 1. The van der Waals surface area contributed by atoms with Gasteiger partial charge in [-0.2, -0.15) is 8.75 Å². The van der Waals surface area contributed by atoms with E-state index >= 15 is 0 Å². The number of nitrogens with zero attached hydrogens (tertiary/aromatic N) is 2. The molecule has 0 aliphatic rings. The summed E-state index contributed by atoms with van der Waals surface area (Å²) in [6, 6.07) is 8.27. The molecule has 21 heavy (non-hydrogen) atoms. The first kappa shape index (κ1) is 15.4. The largest absolute Gasteiger partial charge is 0.172 e. The lowest BCUT2D eigenvalue weighted by molar-refractivity contribution is 1.61. The maximum Gasteiger partial charge on any atom is 0.114 e. The lowest BCUT2D eigenvalue weighted by Gasteiger charge is -2.07. The van der Waals surface area contributed by atoms with Gasteiger partial charge in [0.15, 0.2) is 0 Å². The summed E-state index contributed by atoms with van der Waals surface area (Å²) in [5, 5.41) is 0. The molecule has 2 aromatic heterocycles. The van der Waals surface area contributed by atoms with E-state index in [1.54, 1.807) is 11.3 Å². The van der Waals surface area contributed by atoms with E-state index in [4.69, 9.17) is 0 Å². The highest BCUT2D eigenvalue weighted by Crippen LogP contribution is 2.41. The average molecular weight is 460 g/mol. The average Bonchev–Trinajstić information content (AvgIpc) is 3.05. The van der Waals surface area contributed by atoms with Crippen LogP contribution >= 0.6 is 66.7 Å². The van der Waals surface area contributed by atoms with Crippen molar-refractivity contribution in [1.82, 2.24) is 8.75 Å². The summed E-state index contributed by atoms with van der Waals surface area (Å²) in [5.74, 6) is 0. The smallest absolute Gasteiger partial charge is 0.114 e. The maximum absolute atomic E-state index is 4.46. The Bertz CT molecular complexity index is 851. The van der Waals surface area contributed by atoms with E-state index in [-0.39, 0.29) is 0 Å². The third-order valence-electron chi connectivity index (χ3n) is 2.79. The summed E-state index contributed by atoms with van der Waals surface area (Å²) >= 11 is 11.3. The number of hydrogen-bond donors (Lipinski definition) is 0. The van der Waals surface area contributed by atoms with Crippen LogP contribution in [0.3, 0.4) is 0 Å². The molecule has 2 nitrogen and oxygen atoms in total. The molecule has 0 amide bonds. The summed E-state index contributed by atoms with van der Waals surface area (Å²) in [4.78, 5) is 2.09. The lowest BCUT2D eigenvalue weighted by atomic mass is 10.1. The van der Waals surface area contributed by atoms with Crippen molar-refractivity contribution in [3.05, 3.63) is 50.6 Å². The Labute approximate surface area is 151 Å². The van der Waals surface area contributed by atoms with E-state index in [1.165, 1.54) is 28.4 Å². The Morgan fingerprint density at radius 2 is 1.86 bits per heavy atom. The molecule has 0 N–H and O–H groups in total. The topological polar surface area (TPSA) is 25.8 Å². The molecule has 3 aromatic rings. The summed E-state index contributed by atoms with van der Waals surface area (Å²) in [5.41, 5.74) is 3.93. The molecule has 0 saturated heterocycles. The first-order valence-electron chi connectivity index (χ1n) is 5.79. The van der Waals surface area contributed by atoms with Crippen LogP contribution in [-0.2, 0) is 0 Å². The van der Waals surface area contributed by atoms with Crippen LogP contribution in [0.5, 0.6) is 0 Å². The second-order valence-corrected chi connectivity index (χ2v) is 9.77. The third kappa shape index (κ3) is 3.17. The highest BCUT2D eigenvalue weighted by Gasteiger charge is 2.15. The monoisotopic (exact) mass is 458 g/mol. The van der Waals surface area contributed by atoms with E-state index in [9.17, 15) is 0 Å². The molecule has 7 heteroatoms. The van der Waals surface area contributed by atoms with E-state index in [2.05, 4.69) is 72.0 Å². The Morgan fingerprint density at radius 1 is 1.10 bits per heavy atom. The van der Waals surface area contributed by atoms with Crippen molar-refractivity contribution >= 4 is 82.6 Å². The molecule has 0 aliphatic carbocycles. The number of rotatable bonds is 4. The van der Waals surface area contributed by atoms with E-state index in [0.717, 1.165) is 34.7 Å². The van der Waals surface area contributed by atoms with Gasteiger partial charge >= 0.3 is 0 Å². The molecule has 0 saturated carbocycles. The van der Waals surface area contributed by atoms with Crippen molar-refractivity contribution in [3.63, 3.8) is 0 Å². The van der Waals surface area contributed by atoms with Crippen molar-refractivity contribution in [2.75, 3.05) is 0 Å². The molecule has 0 spiro atoms. The summed E-state index contributed by atoms with van der Waals surface area (Å²) in [6.07, 6.45) is 0. The van der Waals surface area contributed by atoms with Crippen molar-refractivity contribution in [1.29, 1.82) is 0 Å². The Balaban J connectivity index is 2.13. The first-order chi connectivity index (χ1) is 10.1. The fraction of sp³-hybridized carbons (Fsp3) is 0. The molecule has 0 atom stereocenters. The van der Waals surface area contributed by atoms with Crippen molar-refractivity contribution in [3.8, 4) is 10.4 Å². The van der Waals surface area contributed by atoms with Crippen LogP contribution in [0.2, 0.25) is 0 Å². The Kier molecular flexibility index (Phi) is 4.66. The second kappa shape index (κ2) is 6.34. The van der Waals surface area contributed by atoms with E-state index in [0.29, 0.717) is 0 Å². The zero-order chi connectivity index (χ0) is 15.0. The molecular formula is C14H8Br2N2S3. The maximum atomic E-state index is 4.46. The van der Waals surface area contributed by atoms with Crippen LogP contribution in [0.4, 0.5) is 0 Å². The number of aromatic nitrogens is 2. The van der Waals surface area contributed by atoms with Gasteiger partial charge in [0.1, 0.15) is 11.0 Å². The summed E-state index contributed by atoms with van der Waals surface area (Å²) in [7, 11) is 0. The van der Waals surface area contributed by atoms with Gasteiger partial charge in [0.05, 0.1) is 15.5 Å². The Hall–Kier alpha value is -0.470. The number of thioether (sulfide) groups is 1. The van der Waals surface area contributed by atoms with Gasteiger partial charge in [-0.1, -0.05) is 37.1 Å². The van der Waals surface area contributed by atoms with Gasteiger partial charge in [-0.3, -0.25) is 0 Å². The van der Waals surface area contributed by atoms with E-state index in [1.807, 2.05) is 6.07 Å². The van der Waals surface area contributed by atoms with Gasteiger partial charge in [0, 0.05) is 24.7 Å². The van der Waals surface area contributed by atoms with Crippen LogP contribution in [0.15, 0.2) is 45.0 Å². The molecule has 0 fully saturated rings. The molecule has 0 unspecified atom stereocenters. The minimum Gasteiger partial charge on any atom is -0.172 e. The van der Waals surface area contributed by atoms with Crippen LogP contribution in [0.1, 0.15) is 5.56 Å². The minimum absolute atomic E-state index is 0.829. The Morgan fingerprint density at radius 3 is 2.52 bits per heavy atom. The van der Waals surface area contributed by atoms with E-state index < -0.39 is 0 Å². The first-order valence-corrected chi connectivity index (χ1v) is 9.73. The second-order valence-electron chi connectivity index (χ2n) is 4.11. The molecule has 0 radical (unpaired) electrons. The summed E-state index contributed by atoms with van der Waals surface area (Å²) in [6.45, 7) is 7.94. The van der Waals surface area contributed by atoms with Crippen molar-refractivity contribution < 1.29 is 0 Å². The van der Waals surface area contributed by atoms with Crippen LogP contribution < -0.4 is 0 Å². The number of hydrogen-bond acceptors (Lipinski definition) is 5. The molecule has 0 bridgehead atoms. The molecule has 3 rings (SSSR count). The zero-order valence-corrected chi connectivity index (χ0v) is 16.2. The number of thiophene rings is 1. The van der Waals surface area contributed by atoms with Crippen LogP contribution in [0.25, 0.3) is 26.4 Å². The molecular weight excluding hydrogens is 452 g/mol. The predicted octanol–water partition coefficient (Wildman–Crippen LogP) is 6.75. The zero-order valence-electron chi connectivity index (χ0n) is 10.6. The summed E-state index contributed by atoms with van der Waals surface area (Å²) < 4.78 is 10.8. The van der Waals surface area contributed by atoms with Gasteiger partial charge in [0.25, 0.3) is 0 Å². The molecule has 0 aliphatic heterocycles. The SMILES string of the molecule is C=C(Br)SC(=C)c1ccc(-c2ccc(Br)s2)c2nsnc12. The quantitative estimate of drug-likeness (QED) is 0.431. The fourth-order valence-corrected chi connectivity index (χ4v) is 5.05. The molecule has 106 valence electrons. The minimum atomic E-state index is 0.829. The van der Waals surface area contributed by atoms with Crippen molar-refractivity contribution in [2.45, 2.75) is 0 Å². The normalized spacial score (nSPS) is 11.0. The fourth-order valence-electron chi connectivity index (χ4n) is 1.94. The highest BCUT2D eigenvalue weighted by atomic mass is 79.9. The predicted molar refractivity (Wildman–Crippen MR) is 103 cm³/mol. The lowest BCUT2D eigenvalue weighted by Crippen LogP contribution is -1.85. The van der Waals surface area contributed by atoms with Crippen LogP contribution in [-0.4, -0.2) is 8.75 Å². The van der Waals surface area contributed by atoms with Gasteiger partial charge in [-0.15, -0.1) is 11.3 Å². The standard InChI is InChI=1S/C14H8Br2N2S3/c1-7(19-8(2)15)9-3-4-10(11-5-6-12(16)20-11)14-13(9)17-21-18-14/h3-6H,1-2H2. The molecule has 1 aromatic carbocycles. The van der Waals surface area contributed by atoms with Gasteiger partial charge < -0.3 is 0 Å². The van der Waals surface area contributed by atoms with Gasteiger partial charge in [-0.25, -0.2) is 0 Å². The number of halogens is 2. The van der Waals surface area contributed by atoms with Crippen molar-refractivity contribution in [2.24, 2.45) is 0 Å². The third-order valence-corrected chi connectivity index (χ3v) is 6.15. The van der Waals surface area contributed by atoms with Crippen LogP contribution in [0, 0.1) is 0 Å². The number of fused-ring (bicyclic) bond motifs is 1. The van der Waals surface area contributed by atoms with Gasteiger partial charge in [-0.05, 0) is 44.0 Å². The highest BCUT2D eigenvalue weighted by molar-refractivity contribution is 9.14. The van der Waals surface area contributed by atoms with Gasteiger partial charge in [0.2, 0.25) is 0 Å².